The van der Waals surface area contributed by atoms with E-state index in [2.05, 4.69) is 15.0 Å². The van der Waals surface area contributed by atoms with Gasteiger partial charge in [0.05, 0.1) is 16.2 Å². The first-order valence-corrected chi connectivity index (χ1v) is 9.20. The average Bonchev–Trinajstić information content (AvgIpc) is 2.97. The summed E-state index contributed by atoms with van der Waals surface area (Å²) in [6.45, 7) is 1.51. The van der Waals surface area contributed by atoms with Crippen molar-refractivity contribution in [1.29, 1.82) is 0 Å². The number of nitrogens with zero attached hydrogens (tertiary/aromatic N) is 3. The molecule has 3 heterocycles. The van der Waals surface area contributed by atoms with E-state index in [0.29, 0.717) is 4.83 Å². The smallest absolute Gasteiger partial charge is 0.264 e. The van der Waals surface area contributed by atoms with E-state index in [9.17, 15) is 21.6 Å². The van der Waals surface area contributed by atoms with Gasteiger partial charge in [0.2, 0.25) is 0 Å². The Hall–Kier alpha value is -2.07. The fraction of sp³-hybridized carbons (Fsp3) is 0.214. The van der Waals surface area contributed by atoms with Crippen LogP contribution >= 0.6 is 11.3 Å². The maximum Gasteiger partial charge on any atom is 0.417 e. The Labute approximate surface area is 139 Å². The van der Waals surface area contributed by atoms with E-state index in [-0.39, 0.29) is 26.7 Å². The minimum atomic E-state index is -4.52. The third-order valence-corrected chi connectivity index (χ3v) is 6.10. The van der Waals surface area contributed by atoms with E-state index in [4.69, 9.17) is 0 Å². The number of aromatic nitrogens is 3. The summed E-state index contributed by atoms with van der Waals surface area (Å²) in [5, 5.41) is 0.261. The fourth-order valence-electron chi connectivity index (χ4n) is 2.06. The third kappa shape index (κ3) is 2.98. The van der Waals surface area contributed by atoms with Gasteiger partial charge in [0.25, 0.3) is 0 Å². The lowest BCUT2D eigenvalue weighted by Crippen LogP contribution is -2.05. The van der Waals surface area contributed by atoms with Crippen molar-refractivity contribution in [2.75, 3.05) is 5.75 Å². The molecule has 126 valence electrons. The highest BCUT2D eigenvalue weighted by molar-refractivity contribution is 7.91. The summed E-state index contributed by atoms with van der Waals surface area (Å²) >= 11 is 1.02. The number of halogens is 3. The molecular formula is C14H10F3N3O2S2. The van der Waals surface area contributed by atoms with Crippen LogP contribution in [0.4, 0.5) is 13.2 Å². The molecule has 0 aliphatic heterocycles. The zero-order valence-electron chi connectivity index (χ0n) is 12.2. The van der Waals surface area contributed by atoms with Gasteiger partial charge >= 0.3 is 6.18 Å². The quantitative estimate of drug-likeness (QED) is 0.702. The van der Waals surface area contributed by atoms with Gasteiger partial charge in [-0.15, -0.1) is 0 Å². The van der Waals surface area contributed by atoms with Crippen LogP contribution in [0, 0.1) is 0 Å². The second-order valence-corrected chi connectivity index (χ2v) is 8.06. The van der Waals surface area contributed by atoms with Gasteiger partial charge in [-0.25, -0.2) is 18.4 Å². The van der Waals surface area contributed by atoms with Crippen molar-refractivity contribution in [2.45, 2.75) is 18.0 Å². The van der Waals surface area contributed by atoms with E-state index in [1.54, 1.807) is 0 Å². The number of fused-ring (bicyclic) bond motifs is 1. The molecule has 0 saturated heterocycles. The number of thiazole rings is 1. The average molecular weight is 373 g/mol. The summed E-state index contributed by atoms with van der Waals surface area (Å²) in [5.41, 5.74) is -0.580. The zero-order valence-corrected chi connectivity index (χ0v) is 13.8. The van der Waals surface area contributed by atoms with E-state index in [1.807, 2.05) is 0 Å². The number of hydrogen-bond donors (Lipinski definition) is 0. The number of rotatable bonds is 3. The van der Waals surface area contributed by atoms with E-state index >= 15 is 0 Å². The molecule has 0 aromatic carbocycles. The molecule has 0 radical (unpaired) electrons. The molecule has 0 atom stereocenters. The lowest BCUT2D eigenvalue weighted by atomic mass is 10.2. The fourth-order valence-corrected chi connectivity index (χ4v) is 4.10. The van der Waals surface area contributed by atoms with Crippen molar-refractivity contribution in [3.05, 3.63) is 36.3 Å². The lowest BCUT2D eigenvalue weighted by molar-refractivity contribution is -0.137. The highest BCUT2D eigenvalue weighted by atomic mass is 32.2. The van der Waals surface area contributed by atoms with Crippen molar-refractivity contribution in [2.24, 2.45) is 0 Å². The molecule has 10 heteroatoms. The Morgan fingerprint density at radius 2 is 2.00 bits per heavy atom. The summed E-state index contributed by atoms with van der Waals surface area (Å²) in [5.74, 6) is -0.106. The van der Waals surface area contributed by atoms with Gasteiger partial charge < -0.3 is 0 Å². The van der Waals surface area contributed by atoms with Crippen LogP contribution in [0.1, 0.15) is 12.5 Å². The van der Waals surface area contributed by atoms with Crippen LogP contribution in [0.3, 0.4) is 0 Å². The van der Waals surface area contributed by atoms with Crippen molar-refractivity contribution in [3.8, 4) is 10.6 Å². The maximum absolute atomic E-state index is 12.8. The highest BCUT2D eigenvalue weighted by Crippen LogP contribution is 2.35. The molecule has 5 nitrogen and oxygen atoms in total. The first-order chi connectivity index (χ1) is 11.2. The standard InChI is InChI=1S/C14H10F3N3O2S2/c1-2-24(21,22)11-3-4-18-7-9(11)12-20-10-5-8(14(15,16)17)6-19-13(10)23-12/h3-7H,2H2,1H3. The van der Waals surface area contributed by atoms with Crippen LogP contribution in [0.15, 0.2) is 35.6 Å². The van der Waals surface area contributed by atoms with E-state index in [0.717, 1.165) is 23.6 Å². The second-order valence-electron chi connectivity index (χ2n) is 4.84. The van der Waals surface area contributed by atoms with Crippen molar-refractivity contribution in [1.82, 2.24) is 15.0 Å². The lowest BCUT2D eigenvalue weighted by Gasteiger charge is -2.05. The Morgan fingerprint density at radius 1 is 1.25 bits per heavy atom. The Balaban J connectivity index is 2.18. The van der Waals surface area contributed by atoms with Gasteiger partial charge in [0.1, 0.15) is 15.4 Å². The van der Waals surface area contributed by atoms with Gasteiger partial charge in [0.15, 0.2) is 9.84 Å². The van der Waals surface area contributed by atoms with Crippen LogP contribution in [-0.2, 0) is 16.0 Å². The predicted molar refractivity (Wildman–Crippen MR) is 83.4 cm³/mol. The van der Waals surface area contributed by atoms with Crippen LogP contribution in [0.25, 0.3) is 20.9 Å². The summed E-state index contributed by atoms with van der Waals surface area (Å²) in [7, 11) is -3.52. The Kier molecular flexibility index (Phi) is 4.04. The second kappa shape index (κ2) is 5.78. The van der Waals surface area contributed by atoms with Crippen molar-refractivity contribution in [3.63, 3.8) is 0 Å². The Morgan fingerprint density at radius 3 is 2.67 bits per heavy atom. The molecule has 0 spiro atoms. The van der Waals surface area contributed by atoms with Crippen LogP contribution in [0.5, 0.6) is 0 Å². The molecule has 0 fully saturated rings. The number of hydrogen-bond acceptors (Lipinski definition) is 6. The molecule has 0 bridgehead atoms. The van der Waals surface area contributed by atoms with Crippen LogP contribution in [-0.4, -0.2) is 29.1 Å². The largest absolute Gasteiger partial charge is 0.417 e. The molecule has 0 saturated carbocycles. The SMILES string of the molecule is CCS(=O)(=O)c1ccncc1-c1nc2cc(C(F)(F)F)cnc2s1. The first kappa shape index (κ1) is 16.8. The van der Waals surface area contributed by atoms with Gasteiger partial charge in [-0.1, -0.05) is 18.3 Å². The van der Waals surface area contributed by atoms with Crippen molar-refractivity contribution < 1.29 is 21.6 Å². The monoisotopic (exact) mass is 373 g/mol. The number of alkyl halides is 3. The molecule has 3 aromatic heterocycles. The molecule has 0 aliphatic carbocycles. The molecule has 0 aliphatic rings. The number of sulfone groups is 1. The number of pyridine rings is 2. The Bertz CT molecular complexity index is 1010. The van der Waals surface area contributed by atoms with Gasteiger partial charge in [-0.3, -0.25) is 4.98 Å². The van der Waals surface area contributed by atoms with Gasteiger partial charge in [0, 0.05) is 24.2 Å². The minimum absolute atomic E-state index is 0.0510. The van der Waals surface area contributed by atoms with E-state index < -0.39 is 21.6 Å². The summed E-state index contributed by atoms with van der Waals surface area (Å²) in [6, 6.07) is 2.25. The summed E-state index contributed by atoms with van der Waals surface area (Å²) < 4.78 is 62.6. The van der Waals surface area contributed by atoms with Crippen LogP contribution < -0.4 is 0 Å². The zero-order chi connectivity index (χ0) is 17.5. The maximum atomic E-state index is 12.8. The first-order valence-electron chi connectivity index (χ1n) is 6.73. The highest BCUT2D eigenvalue weighted by Gasteiger charge is 2.31. The van der Waals surface area contributed by atoms with Gasteiger partial charge in [-0.2, -0.15) is 13.2 Å². The van der Waals surface area contributed by atoms with E-state index in [1.165, 1.54) is 25.4 Å². The molecule has 3 aromatic rings. The molecule has 0 amide bonds. The van der Waals surface area contributed by atoms with Crippen LogP contribution in [0.2, 0.25) is 0 Å². The third-order valence-electron chi connectivity index (χ3n) is 3.30. The minimum Gasteiger partial charge on any atom is -0.264 e. The molecular weight excluding hydrogens is 363 g/mol. The molecule has 24 heavy (non-hydrogen) atoms. The summed E-state index contributed by atoms with van der Waals surface area (Å²) in [6.07, 6.45) is -1.10. The normalized spacial score (nSPS) is 12.7. The van der Waals surface area contributed by atoms with Crippen molar-refractivity contribution >= 4 is 31.5 Å². The molecule has 3 rings (SSSR count). The topological polar surface area (TPSA) is 72.8 Å². The molecule has 0 unspecified atom stereocenters. The summed E-state index contributed by atoms with van der Waals surface area (Å²) in [4.78, 5) is 12.1. The predicted octanol–water partition coefficient (Wildman–Crippen LogP) is 3.57. The molecule has 0 N–H and O–H groups in total. The van der Waals surface area contributed by atoms with Gasteiger partial charge in [-0.05, 0) is 12.1 Å².